The Hall–Kier alpha value is -1.29. The molecule has 1 aliphatic rings. The van der Waals surface area contributed by atoms with E-state index in [9.17, 15) is 4.79 Å². The first-order chi connectivity index (χ1) is 8.15. The van der Waals surface area contributed by atoms with Gasteiger partial charge in [-0.05, 0) is 38.0 Å². The van der Waals surface area contributed by atoms with Gasteiger partial charge in [-0.2, -0.15) is 0 Å². The summed E-state index contributed by atoms with van der Waals surface area (Å²) in [6.45, 7) is 1.92. The molecule has 0 bridgehead atoms. The van der Waals surface area contributed by atoms with Crippen LogP contribution in [0.2, 0.25) is 0 Å². The standard InChI is InChI=1S/C13H12BrNO2/c1-7-10-6-8(14)2-5-11(10)17-12(7)13(16)15-9-3-4-9/h2,5-6,9H,3-4H2,1H3,(H,15,16). The fourth-order valence-corrected chi connectivity index (χ4v) is 2.25. The fraction of sp³-hybridized carbons (Fsp3) is 0.308. The molecule has 17 heavy (non-hydrogen) atoms. The van der Waals surface area contributed by atoms with Gasteiger partial charge in [-0.25, -0.2) is 0 Å². The third-order valence-corrected chi connectivity index (χ3v) is 3.51. The lowest BCUT2D eigenvalue weighted by atomic mass is 10.1. The highest BCUT2D eigenvalue weighted by Gasteiger charge is 2.26. The molecule has 2 aromatic rings. The van der Waals surface area contributed by atoms with Crippen molar-refractivity contribution in [2.75, 3.05) is 0 Å². The summed E-state index contributed by atoms with van der Waals surface area (Å²) in [5.41, 5.74) is 1.66. The Morgan fingerprint density at radius 2 is 2.24 bits per heavy atom. The summed E-state index contributed by atoms with van der Waals surface area (Å²) in [7, 11) is 0. The largest absolute Gasteiger partial charge is 0.451 e. The number of aryl methyl sites for hydroxylation is 1. The van der Waals surface area contributed by atoms with Gasteiger partial charge in [-0.15, -0.1) is 0 Å². The molecule has 88 valence electrons. The van der Waals surface area contributed by atoms with Crippen LogP contribution in [0.4, 0.5) is 0 Å². The van der Waals surface area contributed by atoms with Crippen molar-refractivity contribution < 1.29 is 9.21 Å². The number of hydrogen-bond acceptors (Lipinski definition) is 2. The number of benzene rings is 1. The van der Waals surface area contributed by atoms with E-state index in [4.69, 9.17) is 4.42 Å². The molecule has 1 aliphatic carbocycles. The predicted octanol–water partition coefficient (Wildman–Crippen LogP) is 3.40. The number of carbonyl (C=O) groups excluding carboxylic acids is 1. The molecule has 1 aromatic carbocycles. The van der Waals surface area contributed by atoms with E-state index in [0.29, 0.717) is 11.8 Å². The lowest BCUT2D eigenvalue weighted by molar-refractivity contribution is 0.0924. The molecule has 0 radical (unpaired) electrons. The van der Waals surface area contributed by atoms with Gasteiger partial charge < -0.3 is 9.73 Å². The summed E-state index contributed by atoms with van der Waals surface area (Å²) >= 11 is 3.42. The minimum Gasteiger partial charge on any atom is -0.451 e. The summed E-state index contributed by atoms with van der Waals surface area (Å²) < 4.78 is 6.60. The van der Waals surface area contributed by atoms with Crippen LogP contribution in [0, 0.1) is 6.92 Å². The molecule has 0 unspecified atom stereocenters. The summed E-state index contributed by atoms with van der Waals surface area (Å²) in [6, 6.07) is 6.11. The molecule has 1 saturated carbocycles. The highest BCUT2D eigenvalue weighted by molar-refractivity contribution is 9.10. The maximum Gasteiger partial charge on any atom is 0.287 e. The second-order valence-corrected chi connectivity index (χ2v) is 5.36. The zero-order chi connectivity index (χ0) is 12.0. The van der Waals surface area contributed by atoms with Gasteiger partial charge >= 0.3 is 0 Å². The van der Waals surface area contributed by atoms with E-state index in [-0.39, 0.29) is 5.91 Å². The zero-order valence-corrected chi connectivity index (χ0v) is 11.0. The van der Waals surface area contributed by atoms with E-state index < -0.39 is 0 Å². The Balaban J connectivity index is 2.03. The maximum atomic E-state index is 12.0. The second-order valence-electron chi connectivity index (χ2n) is 4.44. The molecular formula is C13H12BrNO2. The molecule has 0 spiro atoms. The third kappa shape index (κ3) is 1.97. The molecule has 4 heteroatoms. The monoisotopic (exact) mass is 293 g/mol. The molecule has 0 saturated heterocycles. The van der Waals surface area contributed by atoms with Crippen molar-refractivity contribution in [1.82, 2.24) is 5.32 Å². The summed E-state index contributed by atoms with van der Waals surface area (Å²) in [5.74, 6) is 0.335. The van der Waals surface area contributed by atoms with E-state index in [0.717, 1.165) is 33.8 Å². The lowest BCUT2D eigenvalue weighted by Gasteiger charge is -1.99. The minimum absolute atomic E-state index is 0.0997. The van der Waals surface area contributed by atoms with Gasteiger partial charge in [0, 0.05) is 21.5 Å². The molecule has 1 N–H and O–H groups in total. The van der Waals surface area contributed by atoms with Crippen LogP contribution in [-0.4, -0.2) is 11.9 Å². The first-order valence-electron chi connectivity index (χ1n) is 5.64. The van der Waals surface area contributed by atoms with Gasteiger partial charge in [-0.3, -0.25) is 4.79 Å². The highest BCUT2D eigenvalue weighted by Crippen LogP contribution is 2.28. The van der Waals surface area contributed by atoms with Crippen molar-refractivity contribution in [3.8, 4) is 0 Å². The maximum absolute atomic E-state index is 12.0. The van der Waals surface area contributed by atoms with Crippen molar-refractivity contribution in [3.63, 3.8) is 0 Å². The summed E-state index contributed by atoms with van der Waals surface area (Å²) in [4.78, 5) is 12.0. The number of fused-ring (bicyclic) bond motifs is 1. The van der Waals surface area contributed by atoms with E-state index >= 15 is 0 Å². The summed E-state index contributed by atoms with van der Waals surface area (Å²) in [6.07, 6.45) is 2.16. The van der Waals surface area contributed by atoms with Crippen molar-refractivity contribution in [3.05, 3.63) is 34.0 Å². The van der Waals surface area contributed by atoms with Crippen molar-refractivity contribution in [2.24, 2.45) is 0 Å². The number of rotatable bonds is 2. The van der Waals surface area contributed by atoms with Gasteiger partial charge in [0.1, 0.15) is 5.58 Å². The van der Waals surface area contributed by atoms with Crippen molar-refractivity contribution in [1.29, 1.82) is 0 Å². The number of amides is 1. The Morgan fingerprint density at radius 1 is 1.47 bits per heavy atom. The fourth-order valence-electron chi connectivity index (χ4n) is 1.89. The predicted molar refractivity (Wildman–Crippen MR) is 69.1 cm³/mol. The molecule has 0 aliphatic heterocycles. The quantitative estimate of drug-likeness (QED) is 0.922. The van der Waals surface area contributed by atoms with Crippen LogP contribution in [0.5, 0.6) is 0 Å². The van der Waals surface area contributed by atoms with E-state index in [1.807, 2.05) is 25.1 Å². The first-order valence-corrected chi connectivity index (χ1v) is 6.44. The summed E-state index contributed by atoms with van der Waals surface area (Å²) in [5, 5.41) is 3.93. The second kappa shape index (κ2) is 3.88. The number of halogens is 1. The van der Waals surface area contributed by atoms with Crippen LogP contribution in [0.1, 0.15) is 29.0 Å². The number of hydrogen-bond donors (Lipinski definition) is 1. The lowest BCUT2D eigenvalue weighted by Crippen LogP contribution is -2.25. The van der Waals surface area contributed by atoms with Gasteiger partial charge in [-0.1, -0.05) is 15.9 Å². The average molecular weight is 294 g/mol. The molecule has 1 amide bonds. The average Bonchev–Trinajstić information content (AvgIpc) is 3.04. The van der Waals surface area contributed by atoms with Gasteiger partial charge in [0.2, 0.25) is 0 Å². The smallest absolute Gasteiger partial charge is 0.287 e. The van der Waals surface area contributed by atoms with Crippen molar-refractivity contribution in [2.45, 2.75) is 25.8 Å². The molecular weight excluding hydrogens is 282 g/mol. The number of furan rings is 1. The Bertz CT molecular complexity index is 599. The van der Waals surface area contributed by atoms with Crippen LogP contribution in [-0.2, 0) is 0 Å². The Morgan fingerprint density at radius 3 is 2.94 bits per heavy atom. The van der Waals surface area contributed by atoms with Crippen LogP contribution >= 0.6 is 15.9 Å². The van der Waals surface area contributed by atoms with E-state index in [1.54, 1.807) is 0 Å². The van der Waals surface area contributed by atoms with Gasteiger partial charge in [0.05, 0.1) is 0 Å². The van der Waals surface area contributed by atoms with E-state index in [2.05, 4.69) is 21.2 Å². The molecule has 1 heterocycles. The minimum atomic E-state index is -0.0997. The molecule has 1 fully saturated rings. The highest BCUT2D eigenvalue weighted by atomic mass is 79.9. The van der Waals surface area contributed by atoms with Gasteiger partial charge in [0.25, 0.3) is 5.91 Å². The first kappa shape index (κ1) is 10.8. The molecule has 1 aromatic heterocycles. The molecule has 3 rings (SSSR count). The molecule has 3 nitrogen and oxygen atoms in total. The van der Waals surface area contributed by atoms with Crippen LogP contribution < -0.4 is 5.32 Å². The number of nitrogens with one attached hydrogen (secondary N) is 1. The van der Waals surface area contributed by atoms with Crippen LogP contribution in [0.15, 0.2) is 27.1 Å². The van der Waals surface area contributed by atoms with Crippen molar-refractivity contribution >= 4 is 32.8 Å². The Kier molecular flexibility index (Phi) is 2.47. The molecule has 0 atom stereocenters. The normalized spacial score (nSPS) is 15.2. The Labute approximate surface area is 107 Å². The SMILES string of the molecule is Cc1c(C(=O)NC2CC2)oc2ccc(Br)cc12. The van der Waals surface area contributed by atoms with Crippen LogP contribution in [0.3, 0.4) is 0 Å². The number of carbonyl (C=O) groups is 1. The van der Waals surface area contributed by atoms with E-state index in [1.165, 1.54) is 0 Å². The topological polar surface area (TPSA) is 42.2 Å². The zero-order valence-electron chi connectivity index (χ0n) is 9.42. The third-order valence-electron chi connectivity index (χ3n) is 3.02. The van der Waals surface area contributed by atoms with Crippen LogP contribution in [0.25, 0.3) is 11.0 Å². The van der Waals surface area contributed by atoms with Gasteiger partial charge in [0.15, 0.2) is 5.76 Å².